The molecule has 0 heterocycles. The van der Waals surface area contributed by atoms with Crippen molar-refractivity contribution in [2.45, 2.75) is 44.6 Å². The average molecular weight is 228 g/mol. The summed E-state index contributed by atoms with van der Waals surface area (Å²) in [6.07, 6.45) is 6.07. The lowest BCUT2D eigenvalue weighted by molar-refractivity contribution is 0.147. The van der Waals surface area contributed by atoms with Gasteiger partial charge < -0.3 is 15.3 Å². The molecule has 0 aromatic rings. The maximum absolute atomic E-state index is 9.42. The molecule has 96 valence electrons. The first-order valence-electron chi connectivity index (χ1n) is 6.64. The van der Waals surface area contributed by atoms with E-state index in [0.717, 1.165) is 25.3 Å². The molecule has 0 amide bonds. The summed E-state index contributed by atoms with van der Waals surface area (Å²) in [6.45, 7) is 4.80. The number of hydrogen-bond acceptors (Lipinski definition) is 3. The molecule has 1 aliphatic carbocycles. The summed E-state index contributed by atoms with van der Waals surface area (Å²) < 4.78 is 0. The molecule has 0 aliphatic heterocycles. The van der Waals surface area contributed by atoms with Crippen LogP contribution in [-0.2, 0) is 0 Å². The minimum absolute atomic E-state index is 0.0551. The van der Waals surface area contributed by atoms with Crippen LogP contribution >= 0.6 is 0 Å². The molecule has 1 rings (SSSR count). The number of aliphatic hydroxyl groups excluding tert-OH is 1. The normalized spacial score (nSPS) is 20.1. The highest BCUT2D eigenvalue weighted by Gasteiger charge is 2.25. The lowest BCUT2D eigenvalue weighted by Crippen LogP contribution is -2.46. The van der Waals surface area contributed by atoms with Gasteiger partial charge in [0.1, 0.15) is 0 Å². The fraction of sp³-hybridized carbons (Fsp3) is 1.00. The predicted octanol–water partition coefficient (Wildman–Crippen LogP) is 1.47. The van der Waals surface area contributed by atoms with E-state index in [2.05, 4.69) is 24.2 Å². The third-order valence-corrected chi connectivity index (χ3v) is 3.97. The molecule has 3 heteroatoms. The van der Waals surface area contributed by atoms with E-state index < -0.39 is 0 Å². The summed E-state index contributed by atoms with van der Waals surface area (Å²) in [5.41, 5.74) is -0.0551. The quantitative estimate of drug-likeness (QED) is 0.627. The molecule has 0 spiro atoms. The Labute approximate surface area is 100 Å². The standard InChI is InChI=1S/C13H28N2O/c1-4-13(11-16,14-2)8-5-9-15(3)10-12-6-7-12/h12,14,16H,4-11H2,1-3H3. The van der Waals surface area contributed by atoms with E-state index in [1.54, 1.807) is 0 Å². The van der Waals surface area contributed by atoms with Gasteiger partial charge in [-0.2, -0.15) is 0 Å². The van der Waals surface area contributed by atoms with Crippen LogP contribution in [-0.4, -0.2) is 49.3 Å². The van der Waals surface area contributed by atoms with E-state index in [-0.39, 0.29) is 12.1 Å². The maximum atomic E-state index is 9.42. The Bertz CT molecular complexity index is 180. The van der Waals surface area contributed by atoms with Crippen molar-refractivity contribution in [3.05, 3.63) is 0 Å². The van der Waals surface area contributed by atoms with Gasteiger partial charge in [-0.1, -0.05) is 6.92 Å². The van der Waals surface area contributed by atoms with Gasteiger partial charge in [-0.25, -0.2) is 0 Å². The molecule has 0 bridgehead atoms. The van der Waals surface area contributed by atoms with Gasteiger partial charge in [0.25, 0.3) is 0 Å². The largest absolute Gasteiger partial charge is 0.394 e. The zero-order chi connectivity index (χ0) is 12.0. The van der Waals surface area contributed by atoms with Gasteiger partial charge in [-0.3, -0.25) is 0 Å². The van der Waals surface area contributed by atoms with Crippen molar-refractivity contribution in [3.63, 3.8) is 0 Å². The van der Waals surface area contributed by atoms with Crippen molar-refractivity contribution in [2.24, 2.45) is 5.92 Å². The van der Waals surface area contributed by atoms with Gasteiger partial charge in [0.2, 0.25) is 0 Å². The second-order valence-corrected chi connectivity index (χ2v) is 5.35. The van der Waals surface area contributed by atoms with Crippen molar-refractivity contribution < 1.29 is 5.11 Å². The summed E-state index contributed by atoms with van der Waals surface area (Å²) in [4.78, 5) is 2.44. The Morgan fingerprint density at radius 1 is 1.44 bits per heavy atom. The number of hydrogen-bond donors (Lipinski definition) is 2. The molecule has 1 fully saturated rings. The minimum Gasteiger partial charge on any atom is -0.394 e. The Balaban J connectivity index is 2.15. The molecule has 1 saturated carbocycles. The zero-order valence-corrected chi connectivity index (χ0v) is 11.1. The summed E-state index contributed by atoms with van der Waals surface area (Å²) in [5, 5.41) is 12.7. The van der Waals surface area contributed by atoms with Crippen LogP contribution in [0.4, 0.5) is 0 Å². The summed E-state index contributed by atoms with van der Waals surface area (Å²) in [6, 6.07) is 0. The van der Waals surface area contributed by atoms with Crippen LogP contribution in [0.15, 0.2) is 0 Å². The van der Waals surface area contributed by atoms with Crippen molar-refractivity contribution in [3.8, 4) is 0 Å². The first kappa shape index (κ1) is 13.9. The van der Waals surface area contributed by atoms with Crippen molar-refractivity contribution >= 4 is 0 Å². The molecule has 0 radical (unpaired) electrons. The smallest absolute Gasteiger partial charge is 0.0613 e. The van der Waals surface area contributed by atoms with Crippen LogP contribution in [0.3, 0.4) is 0 Å². The van der Waals surface area contributed by atoms with Gasteiger partial charge in [-0.05, 0) is 58.7 Å². The van der Waals surface area contributed by atoms with Gasteiger partial charge in [-0.15, -0.1) is 0 Å². The van der Waals surface area contributed by atoms with Crippen molar-refractivity contribution in [2.75, 3.05) is 33.8 Å². The van der Waals surface area contributed by atoms with Crippen LogP contribution in [0.25, 0.3) is 0 Å². The molecule has 1 atom stereocenters. The molecule has 0 saturated heterocycles. The highest BCUT2D eigenvalue weighted by molar-refractivity contribution is 4.85. The van der Waals surface area contributed by atoms with E-state index in [1.807, 2.05) is 7.05 Å². The second-order valence-electron chi connectivity index (χ2n) is 5.35. The number of aliphatic hydroxyl groups is 1. The molecule has 0 aromatic carbocycles. The zero-order valence-electron chi connectivity index (χ0n) is 11.1. The van der Waals surface area contributed by atoms with Crippen LogP contribution in [0.1, 0.15) is 39.0 Å². The molecule has 16 heavy (non-hydrogen) atoms. The van der Waals surface area contributed by atoms with Gasteiger partial charge in [0, 0.05) is 12.1 Å². The lowest BCUT2D eigenvalue weighted by atomic mass is 9.91. The van der Waals surface area contributed by atoms with Crippen LogP contribution in [0.5, 0.6) is 0 Å². The molecule has 1 unspecified atom stereocenters. The van der Waals surface area contributed by atoms with Gasteiger partial charge in [0.15, 0.2) is 0 Å². The van der Waals surface area contributed by atoms with Crippen LogP contribution in [0, 0.1) is 5.92 Å². The molecule has 1 aliphatic rings. The fourth-order valence-electron chi connectivity index (χ4n) is 2.27. The highest BCUT2D eigenvalue weighted by atomic mass is 16.3. The van der Waals surface area contributed by atoms with Crippen LogP contribution in [0.2, 0.25) is 0 Å². The Hall–Kier alpha value is -0.120. The lowest BCUT2D eigenvalue weighted by Gasteiger charge is -2.31. The Morgan fingerprint density at radius 3 is 2.56 bits per heavy atom. The monoisotopic (exact) mass is 228 g/mol. The van der Waals surface area contributed by atoms with Crippen molar-refractivity contribution in [1.29, 1.82) is 0 Å². The van der Waals surface area contributed by atoms with Crippen LogP contribution < -0.4 is 5.32 Å². The number of rotatable bonds is 9. The minimum atomic E-state index is -0.0551. The SMILES string of the molecule is CCC(CO)(CCCN(C)CC1CC1)NC. The van der Waals surface area contributed by atoms with E-state index in [4.69, 9.17) is 0 Å². The van der Waals surface area contributed by atoms with E-state index in [1.165, 1.54) is 25.8 Å². The second kappa shape index (κ2) is 6.58. The molecule has 0 aromatic heterocycles. The molecular weight excluding hydrogens is 200 g/mol. The first-order valence-corrected chi connectivity index (χ1v) is 6.64. The average Bonchev–Trinajstić information content (AvgIpc) is 3.09. The van der Waals surface area contributed by atoms with E-state index in [9.17, 15) is 5.11 Å². The van der Waals surface area contributed by atoms with E-state index >= 15 is 0 Å². The number of likely N-dealkylation sites (N-methyl/N-ethyl adjacent to an activating group) is 1. The number of nitrogens with one attached hydrogen (secondary N) is 1. The molecular formula is C13H28N2O. The third-order valence-electron chi connectivity index (χ3n) is 3.97. The van der Waals surface area contributed by atoms with E-state index in [0.29, 0.717) is 0 Å². The summed E-state index contributed by atoms with van der Waals surface area (Å²) >= 11 is 0. The third kappa shape index (κ3) is 4.40. The summed E-state index contributed by atoms with van der Waals surface area (Å²) in [5.74, 6) is 0.975. The van der Waals surface area contributed by atoms with Gasteiger partial charge in [0.05, 0.1) is 6.61 Å². The van der Waals surface area contributed by atoms with Crippen molar-refractivity contribution in [1.82, 2.24) is 10.2 Å². The molecule has 3 nitrogen and oxygen atoms in total. The topological polar surface area (TPSA) is 35.5 Å². The predicted molar refractivity (Wildman–Crippen MR) is 68.6 cm³/mol. The number of nitrogens with zero attached hydrogens (tertiary/aromatic N) is 1. The summed E-state index contributed by atoms with van der Waals surface area (Å²) in [7, 11) is 4.16. The fourth-order valence-corrected chi connectivity index (χ4v) is 2.27. The maximum Gasteiger partial charge on any atom is 0.0613 e. The first-order chi connectivity index (χ1) is 7.65. The Kier molecular flexibility index (Phi) is 5.73. The Morgan fingerprint density at radius 2 is 2.12 bits per heavy atom. The highest BCUT2D eigenvalue weighted by Crippen LogP contribution is 2.29. The molecule has 2 N–H and O–H groups in total. The van der Waals surface area contributed by atoms with Gasteiger partial charge >= 0.3 is 0 Å².